The molecule has 11 heteroatoms. The van der Waals surface area contributed by atoms with Crippen molar-refractivity contribution in [3.8, 4) is 0 Å². The highest BCUT2D eigenvalue weighted by Gasteiger charge is 2.40. The zero-order valence-corrected chi connectivity index (χ0v) is 9.24. The van der Waals surface area contributed by atoms with Crippen LogP contribution in [-0.4, -0.2) is 36.1 Å². The average molecular weight is 258 g/mol. The Kier molecular flexibility index (Phi) is 3.19. The number of nitrogens with zero attached hydrogens (tertiary/aromatic N) is 1. The topological polar surface area (TPSA) is 156 Å². The number of hydrogen-bond donors (Lipinski definition) is 4. The van der Waals surface area contributed by atoms with Crippen LogP contribution in [-0.2, 0) is 19.7 Å². The molecule has 2 atom stereocenters. The minimum atomic E-state index is -4.73. The Morgan fingerprint density at radius 3 is 2.47 bits per heavy atom. The number of carbonyl (C=O) groups excluding carboxylic acids is 1. The predicted molar refractivity (Wildman–Crippen MR) is 50.8 cm³/mol. The molecule has 0 aromatic carbocycles. The molecule has 0 aliphatic carbocycles. The van der Waals surface area contributed by atoms with Gasteiger partial charge in [0.25, 0.3) is 0 Å². The SMILES string of the molecule is N[C@H]1CCN(P(N)(=O)NS(=O)(=O)O)C1=O. The van der Waals surface area contributed by atoms with Crippen LogP contribution in [0.25, 0.3) is 0 Å². The normalized spacial score (nSPS) is 26.7. The highest BCUT2D eigenvalue weighted by molar-refractivity contribution is 7.90. The Labute approximate surface area is 86.2 Å². The lowest BCUT2D eigenvalue weighted by atomic mass is 10.3. The molecule has 1 saturated heterocycles. The van der Waals surface area contributed by atoms with Crippen LogP contribution in [0.2, 0.25) is 0 Å². The molecule has 1 heterocycles. The molecule has 0 aromatic heterocycles. The maximum absolute atomic E-state index is 11.6. The van der Waals surface area contributed by atoms with E-state index < -0.39 is 29.8 Å². The van der Waals surface area contributed by atoms with E-state index in [0.717, 1.165) is 0 Å². The molecule has 0 spiro atoms. The molecule has 88 valence electrons. The van der Waals surface area contributed by atoms with E-state index in [-0.39, 0.29) is 13.0 Å². The van der Waals surface area contributed by atoms with E-state index in [1.54, 1.807) is 0 Å². The quantitative estimate of drug-likeness (QED) is 0.337. The van der Waals surface area contributed by atoms with Crippen LogP contribution in [0.15, 0.2) is 0 Å². The van der Waals surface area contributed by atoms with Gasteiger partial charge in [-0.15, -0.1) is 4.49 Å². The highest BCUT2D eigenvalue weighted by Crippen LogP contribution is 2.40. The average Bonchev–Trinajstić information content (AvgIpc) is 2.27. The summed E-state index contributed by atoms with van der Waals surface area (Å²) in [6, 6.07) is -0.843. The second kappa shape index (κ2) is 3.81. The van der Waals surface area contributed by atoms with Crippen molar-refractivity contribution in [3.05, 3.63) is 0 Å². The lowest BCUT2D eigenvalue weighted by Crippen LogP contribution is -2.39. The fraction of sp³-hybridized carbons (Fsp3) is 0.750. The molecule has 1 fully saturated rings. The summed E-state index contributed by atoms with van der Waals surface area (Å²) >= 11 is 0. The standard InChI is InChI=1S/C4H11N4O5PS/c5-3-1-2-8(4(3)9)14(6,10)7-15(11,12)13/h3H,1-2,5H2,(H3,6,7,10)(H,11,12,13)/t3-,14?/m0/s1. The first-order chi connectivity index (χ1) is 6.63. The van der Waals surface area contributed by atoms with E-state index in [1.165, 1.54) is 4.49 Å². The summed E-state index contributed by atoms with van der Waals surface area (Å²) in [4.78, 5) is 11.3. The molecule has 6 N–H and O–H groups in total. The van der Waals surface area contributed by atoms with Crippen molar-refractivity contribution in [1.82, 2.24) is 9.16 Å². The molecular weight excluding hydrogens is 247 g/mol. The summed E-state index contributed by atoms with van der Waals surface area (Å²) < 4.78 is 42.7. The molecule has 1 amide bonds. The van der Waals surface area contributed by atoms with E-state index >= 15 is 0 Å². The highest BCUT2D eigenvalue weighted by atomic mass is 32.2. The van der Waals surface area contributed by atoms with Gasteiger partial charge in [0, 0.05) is 6.54 Å². The van der Waals surface area contributed by atoms with Crippen LogP contribution in [0.4, 0.5) is 0 Å². The molecule has 0 aromatic rings. The predicted octanol–water partition coefficient (Wildman–Crippen LogP) is -1.99. The van der Waals surface area contributed by atoms with E-state index in [4.69, 9.17) is 15.8 Å². The summed E-state index contributed by atoms with van der Waals surface area (Å²) in [5.41, 5.74) is 10.4. The maximum Gasteiger partial charge on any atom is 0.341 e. The van der Waals surface area contributed by atoms with Crippen molar-refractivity contribution in [2.45, 2.75) is 12.5 Å². The van der Waals surface area contributed by atoms with Crippen LogP contribution in [0.5, 0.6) is 0 Å². The van der Waals surface area contributed by atoms with E-state index in [9.17, 15) is 17.8 Å². The van der Waals surface area contributed by atoms with Crippen LogP contribution in [0.1, 0.15) is 6.42 Å². The van der Waals surface area contributed by atoms with Gasteiger partial charge in [-0.3, -0.25) is 24.1 Å². The Hall–Kier alpha value is -0.510. The number of nitrogens with one attached hydrogen (secondary N) is 1. The fourth-order valence-corrected chi connectivity index (χ4v) is 3.77. The molecule has 0 bridgehead atoms. The third-order valence-electron chi connectivity index (χ3n) is 1.83. The number of carbonyl (C=O) groups is 1. The van der Waals surface area contributed by atoms with Crippen molar-refractivity contribution in [2.24, 2.45) is 11.2 Å². The summed E-state index contributed by atoms with van der Waals surface area (Å²) in [6.07, 6.45) is 0.229. The van der Waals surface area contributed by atoms with Crippen molar-refractivity contribution in [2.75, 3.05) is 6.54 Å². The second-order valence-corrected chi connectivity index (χ2v) is 6.45. The second-order valence-electron chi connectivity index (χ2n) is 3.05. The summed E-state index contributed by atoms with van der Waals surface area (Å²) in [7, 11) is -8.87. The Bertz CT molecular complexity index is 421. The molecule has 0 radical (unpaired) electrons. The monoisotopic (exact) mass is 258 g/mol. The van der Waals surface area contributed by atoms with Gasteiger partial charge in [-0.2, -0.15) is 8.42 Å². The smallest absolute Gasteiger partial charge is 0.320 e. The van der Waals surface area contributed by atoms with Gasteiger partial charge in [0.05, 0.1) is 6.04 Å². The number of amides is 1. The van der Waals surface area contributed by atoms with Crippen molar-refractivity contribution in [1.29, 1.82) is 0 Å². The van der Waals surface area contributed by atoms with Gasteiger partial charge in [0.1, 0.15) is 0 Å². The lowest BCUT2D eigenvalue weighted by molar-refractivity contribution is -0.124. The van der Waals surface area contributed by atoms with E-state index in [0.29, 0.717) is 4.67 Å². The van der Waals surface area contributed by atoms with Crippen molar-refractivity contribution >= 4 is 23.8 Å². The minimum Gasteiger partial charge on any atom is -0.320 e. The van der Waals surface area contributed by atoms with Gasteiger partial charge in [-0.05, 0) is 6.42 Å². The number of nitrogens with two attached hydrogens (primary N) is 2. The minimum absolute atomic E-state index is 0.0176. The van der Waals surface area contributed by atoms with Gasteiger partial charge in [-0.1, -0.05) is 0 Å². The van der Waals surface area contributed by atoms with Gasteiger partial charge in [-0.25, -0.2) is 0 Å². The van der Waals surface area contributed by atoms with Gasteiger partial charge < -0.3 is 5.73 Å². The molecule has 1 rings (SSSR count). The summed E-state index contributed by atoms with van der Waals surface area (Å²) in [5, 5.41) is 0. The fourth-order valence-electron chi connectivity index (χ4n) is 1.20. The lowest BCUT2D eigenvalue weighted by Gasteiger charge is -2.22. The maximum atomic E-state index is 11.6. The van der Waals surface area contributed by atoms with Gasteiger partial charge in [0.2, 0.25) is 5.91 Å². The third-order valence-corrected chi connectivity index (χ3v) is 4.91. The zero-order valence-electron chi connectivity index (χ0n) is 7.53. The summed E-state index contributed by atoms with van der Waals surface area (Å²) in [6.45, 7) is -0.0176. The van der Waals surface area contributed by atoms with E-state index in [2.05, 4.69) is 0 Å². The Morgan fingerprint density at radius 1 is 1.60 bits per heavy atom. The molecule has 15 heavy (non-hydrogen) atoms. The first-order valence-corrected chi connectivity index (χ1v) is 7.03. The summed E-state index contributed by atoms with van der Waals surface area (Å²) in [5.74, 6) is -0.711. The first kappa shape index (κ1) is 12.6. The Morgan fingerprint density at radius 2 is 2.13 bits per heavy atom. The van der Waals surface area contributed by atoms with Crippen LogP contribution in [0.3, 0.4) is 0 Å². The molecular formula is C4H11N4O5PS. The third kappa shape index (κ3) is 2.97. The number of hydrogen-bond acceptors (Lipinski definition) is 5. The zero-order chi connectivity index (χ0) is 11.9. The van der Waals surface area contributed by atoms with Gasteiger partial charge in [0.15, 0.2) is 0 Å². The van der Waals surface area contributed by atoms with E-state index in [1.807, 2.05) is 0 Å². The molecule has 9 nitrogen and oxygen atoms in total. The van der Waals surface area contributed by atoms with Crippen LogP contribution >= 0.6 is 7.59 Å². The first-order valence-electron chi connectivity index (χ1n) is 3.86. The van der Waals surface area contributed by atoms with Gasteiger partial charge >= 0.3 is 17.9 Å². The number of rotatable bonds is 3. The van der Waals surface area contributed by atoms with Crippen molar-refractivity contribution < 1.29 is 22.3 Å². The van der Waals surface area contributed by atoms with Crippen molar-refractivity contribution in [3.63, 3.8) is 0 Å². The largest absolute Gasteiger partial charge is 0.341 e. The molecule has 1 aliphatic heterocycles. The molecule has 1 aliphatic rings. The van der Waals surface area contributed by atoms with Crippen LogP contribution in [0, 0.1) is 0 Å². The van der Waals surface area contributed by atoms with Crippen LogP contribution < -0.4 is 15.7 Å². The molecule has 0 saturated carbocycles. The Balaban J connectivity index is 2.88. The molecule has 1 unspecified atom stereocenters.